The summed E-state index contributed by atoms with van der Waals surface area (Å²) in [5, 5.41) is 0. The van der Waals surface area contributed by atoms with E-state index in [2.05, 4.69) is 15.0 Å². The van der Waals surface area contributed by atoms with Gasteiger partial charge in [0.25, 0.3) is 5.91 Å². The van der Waals surface area contributed by atoms with Crippen molar-refractivity contribution in [2.75, 3.05) is 31.1 Å². The van der Waals surface area contributed by atoms with Crippen LogP contribution in [0.4, 0.5) is 14.6 Å². The molecule has 3 heterocycles. The molecule has 1 amide bonds. The highest BCUT2D eigenvalue weighted by Gasteiger charge is 2.27. The molecule has 0 spiro atoms. The first kappa shape index (κ1) is 19.9. The summed E-state index contributed by atoms with van der Waals surface area (Å²) in [4.78, 5) is 29.5. The molecule has 7 nitrogen and oxygen atoms in total. The fraction of sp³-hybridized carbons (Fsp3) is 0.333. The van der Waals surface area contributed by atoms with Gasteiger partial charge in [-0.15, -0.1) is 0 Å². The number of aromatic nitrogens is 4. The van der Waals surface area contributed by atoms with E-state index in [0.717, 1.165) is 35.2 Å². The van der Waals surface area contributed by atoms with Crippen LogP contribution in [0.2, 0.25) is 0 Å². The minimum atomic E-state index is -0.843. The van der Waals surface area contributed by atoms with Gasteiger partial charge in [0.1, 0.15) is 41.0 Å². The van der Waals surface area contributed by atoms with Crippen LogP contribution < -0.4 is 4.90 Å². The fourth-order valence-electron chi connectivity index (χ4n) is 3.55. The van der Waals surface area contributed by atoms with Crippen molar-refractivity contribution in [2.24, 2.45) is 0 Å². The van der Waals surface area contributed by atoms with E-state index in [1.165, 1.54) is 11.0 Å². The maximum atomic E-state index is 14.0. The van der Waals surface area contributed by atoms with Gasteiger partial charge in [-0.25, -0.2) is 23.7 Å². The average molecular weight is 412 g/mol. The Balaban J connectivity index is 1.52. The number of benzene rings is 1. The van der Waals surface area contributed by atoms with Crippen LogP contribution in [-0.4, -0.2) is 56.5 Å². The molecule has 2 aromatic heterocycles. The summed E-state index contributed by atoms with van der Waals surface area (Å²) in [6.07, 6.45) is 1.73. The van der Waals surface area contributed by atoms with Crippen LogP contribution in [0.5, 0.6) is 0 Å². The molecule has 0 radical (unpaired) electrons. The molecule has 0 N–H and O–H groups in total. The van der Waals surface area contributed by atoms with Crippen LogP contribution in [0.25, 0.3) is 5.82 Å². The molecule has 1 fully saturated rings. The molecule has 0 atom stereocenters. The maximum Gasteiger partial charge on any atom is 0.259 e. The van der Waals surface area contributed by atoms with Gasteiger partial charge in [0, 0.05) is 37.9 Å². The third kappa shape index (κ3) is 3.62. The molecule has 0 unspecified atom stereocenters. The molecule has 9 heteroatoms. The van der Waals surface area contributed by atoms with Gasteiger partial charge in [0.2, 0.25) is 0 Å². The summed E-state index contributed by atoms with van der Waals surface area (Å²) in [5.41, 5.74) is 1.43. The Morgan fingerprint density at radius 2 is 1.60 bits per heavy atom. The third-order valence-electron chi connectivity index (χ3n) is 5.38. The van der Waals surface area contributed by atoms with Gasteiger partial charge in [0.15, 0.2) is 0 Å². The van der Waals surface area contributed by atoms with Crippen molar-refractivity contribution < 1.29 is 13.6 Å². The van der Waals surface area contributed by atoms with Crippen LogP contribution >= 0.6 is 0 Å². The SMILES string of the molecule is Cc1nc(N2CCN(C(=O)c3c(F)cccc3F)CC2)cc(-n2cnc(C)c2C)n1. The van der Waals surface area contributed by atoms with Gasteiger partial charge >= 0.3 is 0 Å². The molecule has 0 bridgehead atoms. The van der Waals surface area contributed by atoms with Crippen molar-refractivity contribution in [1.82, 2.24) is 24.4 Å². The van der Waals surface area contributed by atoms with Crippen molar-refractivity contribution in [2.45, 2.75) is 20.8 Å². The van der Waals surface area contributed by atoms with E-state index < -0.39 is 23.1 Å². The van der Waals surface area contributed by atoms with E-state index >= 15 is 0 Å². The normalized spacial score (nSPS) is 14.3. The minimum absolute atomic E-state index is 0.341. The maximum absolute atomic E-state index is 14.0. The fourth-order valence-corrected chi connectivity index (χ4v) is 3.55. The van der Waals surface area contributed by atoms with E-state index in [1.54, 1.807) is 6.33 Å². The van der Waals surface area contributed by atoms with Crippen LogP contribution in [-0.2, 0) is 0 Å². The summed E-state index contributed by atoms with van der Waals surface area (Å²) in [7, 11) is 0. The van der Waals surface area contributed by atoms with Crippen LogP contribution in [0, 0.1) is 32.4 Å². The van der Waals surface area contributed by atoms with Crippen LogP contribution in [0.15, 0.2) is 30.6 Å². The number of imidazole rings is 1. The van der Waals surface area contributed by atoms with E-state index in [-0.39, 0.29) is 0 Å². The molecule has 0 saturated carbocycles. The first-order valence-electron chi connectivity index (χ1n) is 9.70. The molecular weight excluding hydrogens is 390 g/mol. The van der Waals surface area contributed by atoms with Gasteiger partial charge < -0.3 is 9.80 Å². The van der Waals surface area contributed by atoms with Crippen LogP contribution in [0.3, 0.4) is 0 Å². The van der Waals surface area contributed by atoms with Crippen molar-refractivity contribution in [3.8, 4) is 5.82 Å². The Morgan fingerprint density at radius 3 is 2.20 bits per heavy atom. The number of carbonyl (C=O) groups excluding carboxylic acids is 1. The zero-order valence-electron chi connectivity index (χ0n) is 17.1. The molecule has 156 valence electrons. The van der Waals surface area contributed by atoms with Gasteiger partial charge in [-0.3, -0.25) is 9.36 Å². The second-order valence-electron chi connectivity index (χ2n) is 7.29. The lowest BCUT2D eigenvalue weighted by molar-refractivity contribution is 0.0736. The summed E-state index contributed by atoms with van der Waals surface area (Å²) in [6, 6.07) is 5.32. The Bertz CT molecular complexity index is 1080. The summed E-state index contributed by atoms with van der Waals surface area (Å²) in [5.74, 6) is -0.224. The third-order valence-corrected chi connectivity index (χ3v) is 5.38. The Labute approximate surface area is 173 Å². The van der Waals surface area contributed by atoms with Crippen LogP contribution in [0.1, 0.15) is 27.6 Å². The Kier molecular flexibility index (Phi) is 5.19. The van der Waals surface area contributed by atoms with Gasteiger partial charge in [0.05, 0.1) is 5.69 Å². The summed E-state index contributed by atoms with van der Waals surface area (Å²) >= 11 is 0. The number of hydrogen-bond donors (Lipinski definition) is 0. The number of aryl methyl sites for hydroxylation is 2. The van der Waals surface area contributed by atoms with E-state index in [4.69, 9.17) is 0 Å². The van der Waals surface area contributed by atoms with Crippen molar-refractivity contribution in [3.63, 3.8) is 0 Å². The molecule has 0 aliphatic carbocycles. The monoisotopic (exact) mass is 412 g/mol. The average Bonchev–Trinajstić information content (AvgIpc) is 3.06. The van der Waals surface area contributed by atoms with Crippen molar-refractivity contribution >= 4 is 11.7 Å². The first-order valence-corrected chi connectivity index (χ1v) is 9.70. The molecular formula is C21H22F2N6O. The highest BCUT2D eigenvalue weighted by Crippen LogP contribution is 2.21. The van der Waals surface area contributed by atoms with E-state index in [0.29, 0.717) is 32.0 Å². The Morgan fingerprint density at radius 1 is 0.967 bits per heavy atom. The Hall–Kier alpha value is -3.36. The quantitative estimate of drug-likeness (QED) is 0.662. The number of amides is 1. The topological polar surface area (TPSA) is 67.2 Å². The second kappa shape index (κ2) is 7.81. The number of anilines is 1. The molecule has 30 heavy (non-hydrogen) atoms. The zero-order valence-corrected chi connectivity index (χ0v) is 17.1. The predicted octanol–water partition coefficient (Wildman–Crippen LogP) is 2.83. The highest BCUT2D eigenvalue weighted by molar-refractivity contribution is 5.95. The minimum Gasteiger partial charge on any atom is -0.353 e. The number of piperazine rings is 1. The first-order chi connectivity index (χ1) is 14.3. The smallest absolute Gasteiger partial charge is 0.259 e. The van der Waals surface area contributed by atoms with Crippen molar-refractivity contribution in [3.05, 3.63) is 65.0 Å². The number of nitrogens with zero attached hydrogens (tertiary/aromatic N) is 6. The molecule has 4 rings (SSSR count). The van der Waals surface area contributed by atoms with Gasteiger partial charge in [-0.1, -0.05) is 6.07 Å². The predicted molar refractivity (Wildman–Crippen MR) is 108 cm³/mol. The lowest BCUT2D eigenvalue weighted by Crippen LogP contribution is -2.49. The lowest BCUT2D eigenvalue weighted by atomic mass is 10.1. The number of carbonyl (C=O) groups is 1. The van der Waals surface area contributed by atoms with Crippen molar-refractivity contribution in [1.29, 1.82) is 0 Å². The highest BCUT2D eigenvalue weighted by atomic mass is 19.1. The second-order valence-corrected chi connectivity index (χ2v) is 7.29. The van der Waals surface area contributed by atoms with E-state index in [9.17, 15) is 13.6 Å². The number of hydrogen-bond acceptors (Lipinski definition) is 5. The molecule has 1 aliphatic rings. The summed E-state index contributed by atoms with van der Waals surface area (Å²) < 4.78 is 29.8. The van der Waals surface area contributed by atoms with Gasteiger partial charge in [-0.2, -0.15) is 0 Å². The molecule has 1 aromatic carbocycles. The molecule has 1 aliphatic heterocycles. The van der Waals surface area contributed by atoms with E-state index in [1.807, 2.05) is 36.3 Å². The lowest BCUT2D eigenvalue weighted by Gasteiger charge is -2.35. The van der Waals surface area contributed by atoms with Gasteiger partial charge in [-0.05, 0) is 32.9 Å². The standard InChI is InChI=1S/C21H22F2N6O/c1-13-14(2)29(12-24-13)19-11-18(25-15(3)26-19)27-7-9-28(10-8-27)21(30)20-16(22)5-4-6-17(20)23/h4-6,11-12H,7-10H2,1-3H3. The zero-order chi connectivity index (χ0) is 21.4. The number of halogens is 2. The number of rotatable bonds is 3. The molecule has 3 aromatic rings. The summed E-state index contributed by atoms with van der Waals surface area (Å²) in [6.45, 7) is 7.43. The largest absolute Gasteiger partial charge is 0.353 e. The molecule has 1 saturated heterocycles.